The van der Waals surface area contributed by atoms with E-state index in [1.807, 2.05) is 56.4 Å². The van der Waals surface area contributed by atoms with Crippen LogP contribution in [0.25, 0.3) is 5.57 Å². The summed E-state index contributed by atoms with van der Waals surface area (Å²) in [5, 5.41) is 18.7. The van der Waals surface area contributed by atoms with Crippen LogP contribution < -0.4 is 10.4 Å². The van der Waals surface area contributed by atoms with Gasteiger partial charge in [-0.1, -0.05) is 35.5 Å². The van der Waals surface area contributed by atoms with Crippen molar-refractivity contribution in [2.75, 3.05) is 5.01 Å². The van der Waals surface area contributed by atoms with Crippen LogP contribution in [0.1, 0.15) is 30.2 Å². The van der Waals surface area contributed by atoms with E-state index in [0.717, 1.165) is 16.8 Å². The van der Waals surface area contributed by atoms with Crippen molar-refractivity contribution in [2.24, 2.45) is 5.10 Å². The minimum Gasteiger partial charge on any atom is -0.466 e. The lowest BCUT2D eigenvalue weighted by atomic mass is 10.0. The van der Waals surface area contributed by atoms with Crippen molar-refractivity contribution in [3.8, 4) is 0 Å². The highest BCUT2D eigenvalue weighted by atomic mass is 16.5. The number of nitrogens with zero attached hydrogens (tertiary/aromatic N) is 6. The predicted octanol–water partition coefficient (Wildman–Crippen LogP) is 2.67. The zero-order chi connectivity index (χ0) is 19.8. The summed E-state index contributed by atoms with van der Waals surface area (Å²) in [6.07, 6.45) is 4.71. The molecule has 0 saturated heterocycles. The topological polar surface area (TPSA) is 108 Å². The first-order chi connectivity index (χ1) is 14.2. The molecule has 5 rings (SSSR count). The third kappa shape index (κ3) is 3.10. The molecule has 4 heterocycles. The lowest BCUT2D eigenvalue weighted by molar-refractivity contribution is 0.102. The molecule has 0 bridgehead atoms. The summed E-state index contributed by atoms with van der Waals surface area (Å²) in [7, 11) is 0. The Balaban J connectivity index is 1.55. The first-order valence-electron chi connectivity index (χ1n) is 9.06. The third-order valence-electron chi connectivity index (χ3n) is 4.51. The van der Waals surface area contributed by atoms with E-state index in [4.69, 9.17) is 9.26 Å². The van der Waals surface area contributed by atoms with Gasteiger partial charge in [0.15, 0.2) is 17.7 Å². The van der Waals surface area contributed by atoms with Crippen LogP contribution >= 0.6 is 0 Å². The molecule has 10 nitrogen and oxygen atoms in total. The highest BCUT2D eigenvalue weighted by molar-refractivity contribution is 5.87. The zero-order valence-electron chi connectivity index (χ0n) is 15.8. The van der Waals surface area contributed by atoms with Gasteiger partial charge in [-0.25, -0.2) is 15.0 Å². The van der Waals surface area contributed by atoms with Gasteiger partial charge < -0.3 is 9.26 Å². The lowest BCUT2D eigenvalue weighted by Crippen LogP contribution is -2.34. The van der Waals surface area contributed by atoms with Crippen LogP contribution in [0.4, 0.5) is 5.82 Å². The number of hydrazone groups is 1. The molecule has 2 aliphatic heterocycles. The van der Waals surface area contributed by atoms with Gasteiger partial charge in [0.05, 0.1) is 17.5 Å². The maximum atomic E-state index is 6.19. The monoisotopic (exact) mass is 390 g/mol. The van der Waals surface area contributed by atoms with Gasteiger partial charge in [0.25, 0.3) is 0 Å². The van der Waals surface area contributed by atoms with Crippen LogP contribution in [0.2, 0.25) is 0 Å². The summed E-state index contributed by atoms with van der Waals surface area (Å²) >= 11 is 0. The number of aromatic nitrogens is 4. The van der Waals surface area contributed by atoms with Crippen molar-refractivity contribution in [1.82, 2.24) is 30.8 Å². The van der Waals surface area contributed by atoms with E-state index in [-0.39, 0.29) is 6.10 Å². The number of H-pyrrole nitrogens is 1. The molecule has 2 aromatic heterocycles. The molecule has 0 radical (unpaired) electrons. The number of rotatable bonds is 5. The first-order valence-corrected chi connectivity index (χ1v) is 9.06. The van der Waals surface area contributed by atoms with Crippen molar-refractivity contribution in [2.45, 2.75) is 20.0 Å². The Morgan fingerprint density at radius 3 is 2.79 bits per heavy atom. The van der Waals surface area contributed by atoms with Crippen LogP contribution in [-0.2, 0) is 4.74 Å². The molecule has 3 aromatic rings. The number of hydrogen-bond donors (Lipinski definition) is 2. The maximum absolute atomic E-state index is 6.19. The fraction of sp³-hybridized carbons (Fsp3) is 0.158. The molecule has 10 heteroatoms. The minimum atomic E-state index is -0.351. The highest BCUT2D eigenvalue weighted by Gasteiger charge is 2.33. The Morgan fingerprint density at radius 1 is 1.21 bits per heavy atom. The fourth-order valence-electron chi connectivity index (χ4n) is 3.14. The zero-order valence-corrected chi connectivity index (χ0v) is 15.8. The molecule has 1 atom stereocenters. The molecule has 1 unspecified atom stereocenters. The van der Waals surface area contributed by atoms with Gasteiger partial charge in [0.1, 0.15) is 18.4 Å². The number of anilines is 1. The Bertz CT molecular complexity index is 1100. The van der Waals surface area contributed by atoms with Gasteiger partial charge in [-0.05, 0) is 19.4 Å². The SMILES string of the molecule is Cc1cc(N2C=C3C(c4ccccc4)=C(OC(C)c4nc[nH]n4)NN3C=N2)no1. The maximum Gasteiger partial charge on any atom is 0.217 e. The summed E-state index contributed by atoms with van der Waals surface area (Å²) in [6, 6.07) is 11.8. The number of hydrogen-bond acceptors (Lipinski definition) is 9. The van der Waals surface area contributed by atoms with Crippen LogP contribution in [0.5, 0.6) is 0 Å². The van der Waals surface area contributed by atoms with Crippen molar-refractivity contribution in [3.05, 3.63) is 77.7 Å². The highest BCUT2D eigenvalue weighted by Crippen LogP contribution is 2.37. The van der Waals surface area contributed by atoms with Gasteiger partial charge in [0.2, 0.25) is 5.88 Å². The summed E-state index contributed by atoms with van der Waals surface area (Å²) in [6.45, 7) is 3.73. The number of aromatic amines is 1. The smallest absolute Gasteiger partial charge is 0.217 e. The van der Waals surface area contributed by atoms with Gasteiger partial charge >= 0.3 is 0 Å². The number of benzene rings is 1. The second kappa shape index (κ2) is 6.82. The molecule has 0 amide bonds. The Morgan fingerprint density at radius 2 is 2.07 bits per heavy atom. The predicted molar refractivity (Wildman–Crippen MR) is 105 cm³/mol. The van der Waals surface area contributed by atoms with Crippen molar-refractivity contribution in [1.29, 1.82) is 0 Å². The van der Waals surface area contributed by atoms with Crippen molar-refractivity contribution in [3.63, 3.8) is 0 Å². The van der Waals surface area contributed by atoms with Crippen LogP contribution in [0, 0.1) is 6.92 Å². The quantitative estimate of drug-likeness (QED) is 0.685. The van der Waals surface area contributed by atoms with E-state index in [1.165, 1.54) is 6.33 Å². The van der Waals surface area contributed by atoms with Crippen LogP contribution in [-0.4, -0.2) is 31.7 Å². The molecule has 146 valence electrons. The Kier molecular flexibility index (Phi) is 4.01. The third-order valence-corrected chi connectivity index (χ3v) is 4.51. The first kappa shape index (κ1) is 17.0. The average Bonchev–Trinajstić information content (AvgIpc) is 3.47. The van der Waals surface area contributed by atoms with E-state index in [1.54, 1.807) is 16.4 Å². The van der Waals surface area contributed by atoms with Crippen molar-refractivity contribution < 1.29 is 9.26 Å². The fourth-order valence-corrected chi connectivity index (χ4v) is 3.14. The second-order valence-electron chi connectivity index (χ2n) is 6.55. The number of nitrogens with one attached hydrogen (secondary N) is 2. The number of fused-ring (bicyclic) bond motifs is 1. The summed E-state index contributed by atoms with van der Waals surface area (Å²) in [5.41, 5.74) is 6.00. The van der Waals surface area contributed by atoms with E-state index < -0.39 is 0 Å². The molecule has 29 heavy (non-hydrogen) atoms. The molecule has 0 fully saturated rings. The molecule has 0 aliphatic carbocycles. The molecule has 2 N–H and O–H groups in total. The van der Waals surface area contributed by atoms with Gasteiger partial charge in [-0.3, -0.25) is 10.5 Å². The standard InChI is InChI=1S/C19H18N8O2/c1-12-8-16(25-29-12)26-9-15-17(14-6-4-3-5-7-14)19(24-27(15)11-22-26)28-13(2)18-20-10-21-23-18/h3-11,13,24H,1-2H3,(H,20,21,23). The summed E-state index contributed by atoms with van der Waals surface area (Å²) < 4.78 is 11.4. The average molecular weight is 390 g/mol. The molecule has 2 aliphatic rings. The van der Waals surface area contributed by atoms with Gasteiger partial charge in [0, 0.05) is 6.07 Å². The summed E-state index contributed by atoms with van der Waals surface area (Å²) in [4.78, 5) is 4.18. The number of allylic oxidation sites excluding steroid dienone is 1. The second-order valence-corrected chi connectivity index (χ2v) is 6.55. The molecular weight excluding hydrogens is 372 g/mol. The summed E-state index contributed by atoms with van der Waals surface area (Å²) in [5.74, 6) is 2.47. The normalized spacial score (nSPS) is 16.6. The molecule has 0 spiro atoms. The molecule has 0 saturated carbocycles. The van der Waals surface area contributed by atoms with E-state index in [9.17, 15) is 0 Å². The van der Waals surface area contributed by atoms with E-state index in [2.05, 4.69) is 30.9 Å². The number of hydrazine groups is 1. The number of aryl methyl sites for hydroxylation is 1. The largest absolute Gasteiger partial charge is 0.466 e. The van der Waals surface area contributed by atoms with E-state index >= 15 is 0 Å². The molecular formula is C19H18N8O2. The minimum absolute atomic E-state index is 0.351. The van der Waals surface area contributed by atoms with E-state index in [0.29, 0.717) is 23.3 Å². The molecule has 1 aromatic carbocycles. The van der Waals surface area contributed by atoms with Crippen LogP contribution in [0.15, 0.2) is 70.1 Å². The van der Waals surface area contributed by atoms with Gasteiger partial charge in [-0.2, -0.15) is 10.2 Å². The Hall–Kier alpha value is -4.08. The van der Waals surface area contributed by atoms with Gasteiger partial charge in [-0.15, -0.1) is 0 Å². The van der Waals surface area contributed by atoms with Crippen molar-refractivity contribution >= 4 is 17.7 Å². The lowest BCUT2D eigenvalue weighted by Gasteiger charge is -2.24. The van der Waals surface area contributed by atoms with Crippen LogP contribution in [0.3, 0.4) is 0 Å². The number of ether oxygens (including phenoxy) is 1. The Labute approximate surface area is 166 Å².